The van der Waals surface area contributed by atoms with Crippen LogP contribution >= 0.6 is 0 Å². The summed E-state index contributed by atoms with van der Waals surface area (Å²) >= 11 is 0. The van der Waals surface area contributed by atoms with Crippen LogP contribution < -0.4 is 0 Å². The summed E-state index contributed by atoms with van der Waals surface area (Å²) in [6, 6.07) is 29.3. The van der Waals surface area contributed by atoms with Crippen molar-refractivity contribution in [1.82, 2.24) is 14.5 Å². The van der Waals surface area contributed by atoms with Gasteiger partial charge in [-0.3, -0.25) is 9.55 Å². The molecule has 0 aliphatic carbocycles. The van der Waals surface area contributed by atoms with E-state index in [1.807, 2.05) is 24.4 Å². The van der Waals surface area contributed by atoms with E-state index in [-0.39, 0.29) is 0 Å². The van der Waals surface area contributed by atoms with Gasteiger partial charge >= 0.3 is 0 Å². The minimum Gasteiger partial charge on any atom is -0.292 e. The lowest BCUT2D eigenvalue weighted by atomic mass is 10.0. The molecule has 0 atom stereocenters. The Balaban J connectivity index is 1.78. The Hall–Kier alpha value is -3.72. The first-order valence-corrected chi connectivity index (χ1v) is 9.35. The molecule has 0 N–H and O–H groups in total. The van der Waals surface area contributed by atoms with Gasteiger partial charge in [0, 0.05) is 29.2 Å². The van der Waals surface area contributed by atoms with Crippen LogP contribution in [0, 0.1) is 6.92 Å². The van der Waals surface area contributed by atoms with Crippen LogP contribution in [-0.4, -0.2) is 14.5 Å². The maximum Gasteiger partial charge on any atom is 0.145 e. The van der Waals surface area contributed by atoms with Crippen molar-refractivity contribution >= 4 is 11.0 Å². The van der Waals surface area contributed by atoms with Gasteiger partial charge in [0.25, 0.3) is 0 Å². The highest BCUT2D eigenvalue weighted by Crippen LogP contribution is 2.32. The van der Waals surface area contributed by atoms with Crippen LogP contribution in [0.3, 0.4) is 0 Å². The molecule has 0 unspecified atom stereocenters. The monoisotopic (exact) mass is 361 g/mol. The second kappa shape index (κ2) is 6.78. The van der Waals surface area contributed by atoms with Gasteiger partial charge in [-0.05, 0) is 60.5 Å². The lowest BCUT2D eigenvalue weighted by Gasteiger charge is -2.12. The smallest absolute Gasteiger partial charge is 0.145 e. The van der Waals surface area contributed by atoms with Crippen LogP contribution in [-0.2, 0) is 0 Å². The number of hydrogen-bond donors (Lipinski definition) is 0. The highest BCUT2D eigenvalue weighted by molar-refractivity contribution is 5.84. The molecule has 2 aromatic heterocycles. The average Bonchev–Trinajstić information content (AvgIpc) is 3.14. The lowest BCUT2D eigenvalue weighted by molar-refractivity contribution is 1.10. The highest BCUT2D eigenvalue weighted by atomic mass is 15.1. The number of imidazole rings is 1. The Morgan fingerprint density at radius 3 is 2.32 bits per heavy atom. The van der Waals surface area contributed by atoms with Gasteiger partial charge in [0.05, 0.1) is 11.0 Å². The molecule has 134 valence electrons. The minimum atomic E-state index is 0.946. The first-order valence-electron chi connectivity index (χ1n) is 9.35. The summed E-state index contributed by atoms with van der Waals surface area (Å²) < 4.78 is 2.23. The molecular weight excluding hydrogens is 342 g/mol. The average molecular weight is 361 g/mol. The summed E-state index contributed by atoms with van der Waals surface area (Å²) in [5.74, 6) is 0.946. The van der Waals surface area contributed by atoms with Gasteiger partial charge in [-0.1, -0.05) is 42.5 Å². The topological polar surface area (TPSA) is 30.7 Å². The molecule has 0 spiro atoms. The van der Waals surface area contributed by atoms with Crippen molar-refractivity contribution in [3.05, 3.63) is 103 Å². The second-order valence-electron chi connectivity index (χ2n) is 6.92. The first-order chi connectivity index (χ1) is 13.8. The summed E-state index contributed by atoms with van der Waals surface area (Å²) in [6.07, 6.45) is 3.70. The van der Waals surface area contributed by atoms with Gasteiger partial charge in [0.15, 0.2) is 0 Å². The van der Waals surface area contributed by atoms with E-state index in [2.05, 4.69) is 83.2 Å². The minimum absolute atomic E-state index is 0.946. The fraction of sp³-hybridized carbons (Fsp3) is 0.0400. The van der Waals surface area contributed by atoms with Crippen LogP contribution in [0.5, 0.6) is 0 Å². The highest BCUT2D eigenvalue weighted by Gasteiger charge is 2.15. The zero-order valence-electron chi connectivity index (χ0n) is 15.6. The van der Waals surface area contributed by atoms with Crippen molar-refractivity contribution in [2.45, 2.75) is 6.92 Å². The molecule has 28 heavy (non-hydrogen) atoms. The summed E-state index contributed by atoms with van der Waals surface area (Å²) in [4.78, 5) is 9.25. The molecule has 0 saturated heterocycles. The summed E-state index contributed by atoms with van der Waals surface area (Å²) in [5, 5.41) is 0. The van der Waals surface area contributed by atoms with E-state index in [1.165, 1.54) is 5.56 Å². The van der Waals surface area contributed by atoms with Crippen molar-refractivity contribution in [3.8, 4) is 28.2 Å². The first kappa shape index (κ1) is 16.5. The predicted molar refractivity (Wildman–Crippen MR) is 114 cm³/mol. The number of benzene rings is 3. The van der Waals surface area contributed by atoms with Gasteiger partial charge in [-0.15, -0.1) is 0 Å². The number of aromatic nitrogens is 3. The van der Waals surface area contributed by atoms with Gasteiger partial charge in [-0.2, -0.15) is 0 Å². The fourth-order valence-electron chi connectivity index (χ4n) is 3.67. The summed E-state index contributed by atoms with van der Waals surface area (Å²) in [6.45, 7) is 2.12. The molecule has 0 amide bonds. The van der Waals surface area contributed by atoms with E-state index in [0.29, 0.717) is 0 Å². The number of hydrogen-bond acceptors (Lipinski definition) is 2. The Kier molecular flexibility index (Phi) is 3.99. The Bertz CT molecular complexity index is 1260. The quantitative estimate of drug-likeness (QED) is 0.391. The van der Waals surface area contributed by atoms with Crippen molar-refractivity contribution < 1.29 is 0 Å². The SMILES string of the molecule is Cc1cc(-c2cccnc2)cc(-c2nc3ccccc3n2-c2ccccc2)c1. The van der Waals surface area contributed by atoms with Crippen molar-refractivity contribution in [2.75, 3.05) is 0 Å². The Morgan fingerprint density at radius 2 is 1.50 bits per heavy atom. The van der Waals surface area contributed by atoms with E-state index in [1.54, 1.807) is 6.20 Å². The summed E-state index contributed by atoms with van der Waals surface area (Å²) in [7, 11) is 0. The second-order valence-corrected chi connectivity index (χ2v) is 6.92. The molecule has 0 bridgehead atoms. The third kappa shape index (κ3) is 2.87. The predicted octanol–water partition coefficient (Wildman–Crippen LogP) is 6.06. The molecule has 0 fully saturated rings. The van der Waals surface area contributed by atoms with Crippen LogP contribution in [0.1, 0.15) is 5.56 Å². The van der Waals surface area contributed by atoms with Crippen LogP contribution in [0.15, 0.2) is 97.3 Å². The normalized spacial score (nSPS) is 11.0. The number of rotatable bonds is 3. The summed E-state index contributed by atoms with van der Waals surface area (Å²) in [5.41, 5.74) is 7.75. The zero-order valence-corrected chi connectivity index (χ0v) is 15.6. The van der Waals surface area contributed by atoms with Crippen molar-refractivity contribution in [1.29, 1.82) is 0 Å². The molecule has 0 aliphatic rings. The molecule has 3 heteroatoms. The Morgan fingerprint density at radius 1 is 0.714 bits per heavy atom. The standard InChI is InChI=1S/C25H19N3/c1-18-14-20(19-8-7-13-26-17-19)16-21(15-18)25-27-23-11-5-6-12-24(23)28(25)22-9-3-2-4-10-22/h2-17H,1H3. The third-order valence-corrected chi connectivity index (χ3v) is 4.91. The van der Waals surface area contributed by atoms with Crippen LogP contribution in [0.25, 0.3) is 39.2 Å². The van der Waals surface area contributed by atoms with Crippen LogP contribution in [0.2, 0.25) is 0 Å². The Labute approximate surface area is 164 Å². The fourth-order valence-corrected chi connectivity index (χ4v) is 3.67. The molecule has 5 aromatic rings. The zero-order chi connectivity index (χ0) is 18.9. The maximum atomic E-state index is 4.98. The number of para-hydroxylation sites is 3. The van der Waals surface area contributed by atoms with Gasteiger partial charge in [-0.25, -0.2) is 4.98 Å². The van der Waals surface area contributed by atoms with E-state index in [4.69, 9.17) is 4.98 Å². The van der Waals surface area contributed by atoms with Crippen molar-refractivity contribution in [3.63, 3.8) is 0 Å². The lowest BCUT2D eigenvalue weighted by Crippen LogP contribution is -1.98. The molecule has 0 aliphatic heterocycles. The van der Waals surface area contributed by atoms with E-state index in [0.717, 1.165) is 39.2 Å². The molecule has 0 saturated carbocycles. The van der Waals surface area contributed by atoms with E-state index >= 15 is 0 Å². The van der Waals surface area contributed by atoms with Gasteiger partial charge in [0.2, 0.25) is 0 Å². The van der Waals surface area contributed by atoms with Crippen LogP contribution in [0.4, 0.5) is 0 Å². The van der Waals surface area contributed by atoms with Gasteiger partial charge in [0.1, 0.15) is 5.82 Å². The molecule has 5 rings (SSSR count). The van der Waals surface area contributed by atoms with Gasteiger partial charge < -0.3 is 0 Å². The molecular formula is C25H19N3. The van der Waals surface area contributed by atoms with E-state index < -0.39 is 0 Å². The molecule has 3 aromatic carbocycles. The number of nitrogens with zero attached hydrogens (tertiary/aromatic N) is 3. The van der Waals surface area contributed by atoms with Crippen molar-refractivity contribution in [2.24, 2.45) is 0 Å². The maximum absolute atomic E-state index is 4.98. The molecule has 2 heterocycles. The molecule has 3 nitrogen and oxygen atoms in total. The number of aryl methyl sites for hydroxylation is 1. The largest absolute Gasteiger partial charge is 0.292 e. The number of pyridine rings is 1. The number of fused-ring (bicyclic) bond motifs is 1. The van der Waals surface area contributed by atoms with E-state index in [9.17, 15) is 0 Å². The third-order valence-electron chi connectivity index (χ3n) is 4.91. The molecule has 0 radical (unpaired) electrons.